The van der Waals surface area contributed by atoms with Crippen molar-refractivity contribution in [3.63, 3.8) is 0 Å². The van der Waals surface area contributed by atoms with Gasteiger partial charge < -0.3 is 18.2 Å². The molecule has 0 radical (unpaired) electrons. The van der Waals surface area contributed by atoms with Crippen LogP contribution < -0.4 is 15.7 Å². The molecule has 3 aliphatic rings. The predicted molar refractivity (Wildman–Crippen MR) is 315 cm³/mol. The quantitative estimate of drug-likeness (QED) is 0.166. The first-order valence-electron chi connectivity index (χ1n) is 26.4. The van der Waals surface area contributed by atoms with Crippen LogP contribution in [-0.2, 0) is 16.2 Å². The molecule has 0 saturated carbocycles. The highest BCUT2D eigenvalue weighted by atomic mass is 32.1. The van der Waals surface area contributed by atoms with Gasteiger partial charge in [0, 0.05) is 75.5 Å². The molecule has 4 nitrogen and oxygen atoms in total. The molecule has 13 aromatic rings. The number of thiophene rings is 1. The summed E-state index contributed by atoms with van der Waals surface area (Å²) in [6, 6.07) is 63.7. The van der Waals surface area contributed by atoms with Gasteiger partial charge in [0.2, 0.25) is 0 Å². The molecule has 6 heterocycles. The fraction of sp³-hybridized carbons (Fsp3) is 0.176. The topological polar surface area (TPSA) is 34.5 Å². The Balaban J connectivity index is 1.15. The summed E-state index contributed by atoms with van der Waals surface area (Å²) in [4.78, 5) is 2.68. The summed E-state index contributed by atoms with van der Waals surface area (Å²) in [5, 5.41) is 8.44. The second kappa shape index (κ2) is 14.5. The fourth-order valence-electron chi connectivity index (χ4n) is 13.7. The first-order valence-corrected chi connectivity index (χ1v) is 27.2. The minimum Gasteiger partial charge on any atom is -0.455 e. The monoisotopic (exact) mass is 972 g/mol. The smallest absolute Gasteiger partial charge is 0.333 e. The van der Waals surface area contributed by atoms with Gasteiger partial charge in [0.05, 0.1) is 16.4 Å². The Morgan fingerprint density at radius 1 is 0.541 bits per heavy atom. The van der Waals surface area contributed by atoms with Gasteiger partial charge in [0.1, 0.15) is 22.5 Å². The van der Waals surface area contributed by atoms with Crippen molar-refractivity contribution in [1.82, 2.24) is 4.57 Å². The normalized spacial score (nSPS) is 15.6. The van der Waals surface area contributed by atoms with Gasteiger partial charge in [-0.05, 0) is 128 Å². The average molecular weight is 973 g/mol. The summed E-state index contributed by atoms with van der Waals surface area (Å²) in [5.74, 6) is 0.882. The van der Waals surface area contributed by atoms with Crippen molar-refractivity contribution in [1.29, 1.82) is 0 Å². The molecule has 16 rings (SSSR count). The lowest BCUT2D eigenvalue weighted by Gasteiger charge is -2.42. The number of hydrogen-bond donors (Lipinski definition) is 0. The standard InChI is InChI=1S/C68H53BN2O2S/c1-66(2,3)40-26-28-41(29-27-40)71-52-37-57-44(42-22-15-17-25-56(42)74-57)32-45(52)59-60-43-23-14-16-24-54(43)72-65(60)61-46-33-48-49(68(6,7)31-30-67(48,4)5)35-51(46)70-53-34-47-55(36-50(53)69(71)62(59)63(61)70)73-64(39-20-12-9-13-21-39)58(47)38-18-10-8-11-19-38/h8-29,32-37H,30-31H2,1-7H3. The van der Waals surface area contributed by atoms with Crippen molar-refractivity contribution in [2.45, 2.75) is 77.6 Å². The van der Waals surface area contributed by atoms with E-state index in [-0.39, 0.29) is 23.1 Å². The van der Waals surface area contributed by atoms with Crippen LogP contribution in [0.15, 0.2) is 179 Å². The van der Waals surface area contributed by atoms with Crippen molar-refractivity contribution in [3.8, 4) is 39.3 Å². The number of rotatable bonds is 3. The molecule has 0 N–H and O–H groups in total. The van der Waals surface area contributed by atoms with Crippen LogP contribution in [0, 0.1) is 0 Å². The molecular weight excluding hydrogens is 920 g/mol. The van der Waals surface area contributed by atoms with E-state index < -0.39 is 0 Å². The van der Waals surface area contributed by atoms with Gasteiger partial charge in [-0.2, -0.15) is 0 Å². The second-order valence-electron chi connectivity index (χ2n) is 23.8. The molecule has 9 aromatic carbocycles. The third-order valence-electron chi connectivity index (χ3n) is 17.6. The highest BCUT2D eigenvalue weighted by molar-refractivity contribution is 7.25. The lowest BCUT2D eigenvalue weighted by Crippen LogP contribution is -2.60. The molecule has 2 aliphatic heterocycles. The first-order chi connectivity index (χ1) is 35.8. The summed E-state index contributed by atoms with van der Waals surface area (Å²) >= 11 is 1.89. The maximum atomic E-state index is 7.41. The van der Waals surface area contributed by atoms with Crippen LogP contribution >= 0.6 is 11.3 Å². The molecule has 0 unspecified atom stereocenters. The highest BCUT2D eigenvalue weighted by Gasteiger charge is 2.48. The Hall–Kier alpha value is -7.80. The minimum atomic E-state index is -0.241. The first kappa shape index (κ1) is 42.7. The van der Waals surface area contributed by atoms with Crippen LogP contribution in [0.3, 0.4) is 0 Å². The van der Waals surface area contributed by atoms with Crippen LogP contribution in [0.25, 0.3) is 114 Å². The molecule has 0 atom stereocenters. The number of anilines is 2. The number of hydrogen-bond acceptors (Lipinski definition) is 4. The zero-order valence-electron chi connectivity index (χ0n) is 42.8. The van der Waals surface area contributed by atoms with Crippen molar-refractivity contribution in [3.05, 3.63) is 187 Å². The zero-order valence-corrected chi connectivity index (χ0v) is 43.6. The Morgan fingerprint density at radius 3 is 1.96 bits per heavy atom. The Labute approximate surface area is 434 Å². The molecule has 356 valence electrons. The van der Waals surface area contributed by atoms with Gasteiger partial charge in [0.25, 0.3) is 0 Å². The molecule has 0 fully saturated rings. The second-order valence-corrected chi connectivity index (χ2v) is 24.9. The van der Waals surface area contributed by atoms with E-state index in [0.717, 1.165) is 68.5 Å². The number of fused-ring (bicyclic) bond motifs is 18. The van der Waals surface area contributed by atoms with Crippen LogP contribution in [0.1, 0.15) is 78.0 Å². The van der Waals surface area contributed by atoms with Crippen molar-refractivity contribution in [2.24, 2.45) is 0 Å². The summed E-state index contributed by atoms with van der Waals surface area (Å²) < 4.78 is 20.0. The maximum absolute atomic E-state index is 7.41. The van der Waals surface area contributed by atoms with Gasteiger partial charge >= 0.3 is 6.85 Å². The van der Waals surface area contributed by atoms with Crippen LogP contribution in [0.4, 0.5) is 11.4 Å². The van der Waals surface area contributed by atoms with Gasteiger partial charge in [-0.15, -0.1) is 11.3 Å². The summed E-state index contributed by atoms with van der Waals surface area (Å²) in [5.41, 5.74) is 21.2. The average Bonchev–Trinajstić information content (AvgIpc) is 4.17. The minimum absolute atomic E-state index is 0.000306. The van der Waals surface area contributed by atoms with E-state index in [2.05, 4.69) is 228 Å². The number of aromatic nitrogens is 1. The van der Waals surface area contributed by atoms with Gasteiger partial charge in [-0.3, -0.25) is 0 Å². The van der Waals surface area contributed by atoms with Gasteiger partial charge in [-0.25, -0.2) is 0 Å². The molecule has 0 spiro atoms. The summed E-state index contributed by atoms with van der Waals surface area (Å²) in [6.07, 6.45) is 2.26. The zero-order chi connectivity index (χ0) is 49.7. The molecular formula is C68H53BN2O2S. The highest BCUT2D eigenvalue weighted by Crippen LogP contribution is 2.56. The van der Waals surface area contributed by atoms with E-state index in [0.29, 0.717) is 0 Å². The van der Waals surface area contributed by atoms with Crippen LogP contribution in [0.2, 0.25) is 0 Å². The van der Waals surface area contributed by atoms with Crippen molar-refractivity contribution < 1.29 is 8.83 Å². The summed E-state index contributed by atoms with van der Waals surface area (Å²) in [6.45, 7) is 16.5. The molecule has 0 bridgehead atoms. The number of benzene rings is 9. The van der Waals surface area contributed by atoms with Crippen LogP contribution in [0.5, 0.6) is 0 Å². The van der Waals surface area contributed by atoms with E-state index in [1.54, 1.807) is 0 Å². The lowest BCUT2D eigenvalue weighted by molar-refractivity contribution is 0.332. The summed E-state index contributed by atoms with van der Waals surface area (Å²) in [7, 11) is 0. The molecule has 0 amide bonds. The number of furan rings is 2. The third-order valence-corrected chi connectivity index (χ3v) is 18.7. The molecule has 1 aliphatic carbocycles. The molecule has 74 heavy (non-hydrogen) atoms. The number of nitrogens with zero attached hydrogens (tertiary/aromatic N) is 2. The Kier molecular flexibility index (Phi) is 8.36. The van der Waals surface area contributed by atoms with E-state index >= 15 is 0 Å². The van der Waals surface area contributed by atoms with Crippen molar-refractivity contribution in [2.75, 3.05) is 4.81 Å². The third kappa shape index (κ3) is 5.64. The Morgan fingerprint density at radius 2 is 1.22 bits per heavy atom. The molecule has 4 aromatic heterocycles. The lowest BCUT2D eigenvalue weighted by atomic mass is 9.43. The predicted octanol–water partition coefficient (Wildman–Crippen LogP) is 18.0. The molecule has 6 heteroatoms. The Bertz CT molecular complexity index is 4580. The SMILES string of the molecule is CC(C)(C)c1ccc(N2B3c4cc5oc(-c6ccccc6)c(-c6ccccc6)c5cc4-n4c5cc6c(cc5c5c7oc8ccccc8c7c(c3c54)-c3cc4c(cc32)sc2ccccc24)C(C)(C)CCC6(C)C)cc1. The van der Waals surface area contributed by atoms with E-state index in [1.807, 2.05) is 11.3 Å². The fourth-order valence-corrected chi connectivity index (χ4v) is 14.8. The van der Waals surface area contributed by atoms with E-state index in [1.165, 1.54) is 97.5 Å². The van der Waals surface area contributed by atoms with E-state index in [4.69, 9.17) is 8.83 Å². The largest absolute Gasteiger partial charge is 0.455 e. The maximum Gasteiger partial charge on any atom is 0.333 e. The van der Waals surface area contributed by atoms with E-state index in [9.17, 15) is 0 Å². The van der Waals surface area contributed by atoms with Crippen molar-refractivity contribution >= 4 is 115 Å². The van der Waals surface area contributed by atoms with Gasteiger partial charge in [-0.1, -0.05) is 158 Å². The van der Waals surface area contributed by atoms with Crippen LogP contribution in [-0.4, -0.2) is 11.4 Å². The molecule has 0 saturated heterocycles. The number of para-hydroxylation sites is 1. The van der Waals surface area contributed by atoms with Gasteiger partial charge in [0.15, 0.2) is 0 Å².